The van der Waals surface area contributed by atoms with Gasteiger partial charge in [-0.15, -0.1) is 0 Å². The van der Waals surface area contributed by atoms with Crippen molar-refractivity contribution in [1.29, 1.82) is 5.26 Å². The molecule has 86 valence electrons. The van der Waals surface area contributed by atoms with E-state index >= 15 is 0 Å². The van der Waals surface area contributed by atoms with Gasteiger partial charge in [-0.05, 0) is 18.9 Å². The van der Waals surface area contributed by atoms with E-state index in [9.17, 15) is 4.79 Å². The van der Waals surface area contributed by atoms with Gasteiger partial charge in [0.2, 0.25) is 0 Å². The van der Waals surface area contributed by atoms with Crippen molar-refractivity contribution >= 4 is 5.91 Å². The summed E-state index contributed by atoms with van der Waals surface area (Å²) < 4.78 is 1.49. The standard InChI is InChI=1S/C11H16N4O/c1-4-11(5-2,8-12)14-10(16)9-6-7-13-15(9)3/h6-7H,4-5H2,1-3H3,(H,14,16). The summed E-state index contributed by atoms with van der Waals surface area (Å²) in [4.78, 5) is 11.9. The van der Waals surface area contributed by atoms with E-state index in [4.69, 9.17) is 5.26 Å². The number of carbonyl (C=O) groups excluding carboxylic acids is 1. The van der Waals surface area contributed by atoms with Gasteiger partial charge in [-0.2, -0.15) is 10.4 Å². The molecule has 0 aliphatic carbocycles. The molecule has 0 atom stereocenters. The summed E-state index contributed by atoms with van der Waals surface area (Å²) in [7, 11) is 1.70. The molecule has 1 aromatic rings. The molecule has 0 radical (unpaired) electrons. The number of nitriles is 1. The van der Waals surface area contributed by atoms with Gasteiger partial charge < -0.3 is 5.32 Å². The van der Waals surface area contributed by atoms with Crippen LogP contribution in [-0.4, -0.2) is 21.2 Å². The molecule has 1 rings (SSSR count). The van der Waals surface area contributed by atoms with Crippen LogP contribution in [0.1, 0.15) is 37.2 Å². The molecule has 0 bridgehead atoms. The highest BCUT2D eigenvalue weighted by molar-refractivity contribution is 5.93. The lowest BCUT2D eigenvalue weighted by molar-refractivity contribution is 0.0906. The third-order valence-corrected chi connectivity index (χ3v) is 2.83. The molecule has 5 nitrogen and oxygen atoms in total. The van der Waals surface area contributed by atoms with Crippen LogP contribution in [0.15, 0.2) is 12.3 Å². The molecule has 0 saturated heterocycles. The summed E-state index contributed by atoms with van der Waals surface area (Å²) in [6, 6.07) is 3.79. The van der Waals surface area contributed by atoms with Crippen LogP contribution in [0.2, 0.25) is 0 Å². The van der Waals surface area contributed by atoms with Gasteiger partial charge in [-0.3, -0.25) is 9.48 Å². The quantitative estimate of drug-likeness (QED) is 0.829. The minimum Gasteiger partial charge on any atom is -0.332 e. The molecule has 1 heterocycles. The molecule has 1 aromatic heterocycles. The Labute approximate surface area is 95.1 Å². The van der Waals surface area contributed by atoms with Gasteiger partial charge in [0.05, 0.1) is 6.07 Å². The van der Waals surface area contributed by atoms with Crippen molar-refractivity contribution in [3.8, 4) is 6.07 Å². The van der Waals surface area contributed by atoms with Crippen molar-refractivity contribution in [3.05, 3.63) is 18.0 Å². The smallest absolute Gasteiger partial charge is 0.270 e. The van der Waals surface area contributed by atoms with Crippen LogP contribution in [0.5, 0.6) is 0 Å². The Kier molecular flexibility index (Phi) is 3.67. The Balaban J connectivity index is 2.86. The second kappa shape index (κ2) is 4.79. The third kappa shape index (κ3) is 2.22. The van der Waals surface area contributed by atoms with E-state index in [-0.39, 0.29) is 5.91 Å². The Hall–Kier alpha value is -1.83. The Morgan fingerprint density at radius 3 is 2.62 bits per heavy atom. The molecule has 0 aromatic carbocycles. The second-order valence-electron chi connectivity index (χ2n) is 3.70. The van der Waals surface area contributed by atoms with Crippen LogP contribution in [0.25, 0.3) is 0 Å². The molecule has 1 N–H and O–H groups in total. The van der Waals surface area contributed by atoms with Crippen molar-refractivity contribution < 1.29 is 4.79 Å². The minimum atomic E-state index is -0.776. The highest BCUT2D eigenvalue weighted by Crippen LogP contribution is 2.14. The third-order valence-electron chi connectivity index (χ3n) is 2.83. The Bertz CT molecular complexity index is 412. The number of nitrogens with zero attached hydrogens (tertiary/aromatic N) is 3. The first-order chi connectivity index (χ1) is 7.58. The van der Waals surface area contributed by atoms with E-state index in [1.165, 1.54) is 4.68 Å². The van der Waals surface area contributed by atoms with E-state index in [1.54, 1.807) is 19.3 Å². The van der Waals surface area contributed by atoms with E-state index in [0.29, 0.717) is 18.5 Å². The first kappa shape index (κ1) is 12.2. The highest BCUT2D eigenvalue weighted by Gasteiger charge is 2.28. The van der Waals surface area contributed by atoms with Gasteiger partial charge in [0.15, 0.2) is 0 Å². The monoisotopic (exact) mass is 220 g/mol. The van der Waals surface area contributed by atoms with Crippen molar-refractivity contribution in [1.82, 2.24) is 15.1 Å². The number of hydrogen-bond acceptors (Lipinski definition) is 3. The van der Waals surface area contributed by atoms with Gasteiger partial charge in [0.1, 0.15) is 11.2 Å². The predicted molar refractivity (Wildman–Crippen MR) is 59.6 cm³/mol. The van der Waals surface area contributed by atoms with Crippen LogP contribution in [0, 0.1) is 11.3 Å². The molecule has 0 unspecified atom stereocenters. The van der Waals surface area contributed by atoms with Crippen LogP contribution in [-0.2, 0) is 7.05 Å². The summed E-state index contributed by atoms with van der Waals surface area (Å²) in [6.07, 6.45) is 2.73. The maximum Gasteiger partial charge on any atom is 0.270 e. The average molecular weight is 220 g/mol. The minimum absolute atomic E-state index is 0.259. The van der Waals surface area contributed by atoms with E-state index in [1.807, 2.05) is 13.8 Å². The number of hydrogen-bond donors (Lipinski definition) is 1. The van der Waals surface area contributed by atoms with Crippen LogP contribution in [0.4, 0.5) is 0 Å². The van der Waals surface area contributed by atoms with E-state index < -0.39 is 5.54 Å². The van der Waals surface area contributed by atoms with Crippen molar-refractivity contribution in [3.63, 3.8) is 0 Å². The fraction of sp³-hybridized carbons (Fsp3) is 0.545. The largest absolute Gasteiger partial charge is 0.332 e. The van der Waals surface area contributed by atoms with Gasteiger partial charge in [-0.1, -0.05) is 13.8 Å². The van der Waals surface area contributed by atoms with Crippen molar-refractivity contribution in [2.75, 3.05) is 0 Å². The van der Waals surface area contributed by atoms with E-state index in [2.05, 4.69) is 16.5 Å². The number of amides is 1. The van der Waals surface area contributed by atoms with Crippen molar-refractivity contribution in [2.24, 2.45) is 7.05 Å². The average Bonchev–Trinajstić information content (AvgIpc) is 2.72. The zero-order valence-corrected chi connectivity index (χ0v) is 9.82. The molecule has 0 aliphatic heterocycles. The van der Waals surface area contributed by atoms with Crippen LogP contribution >= 0.6 is 0 Å². The number of rotatable bonds is 4. The Morgan fingerprint density at radius 1 is 1.62 bits per heavy atom. The maximum atomic E-state index is 11.9. The molecular weight excluding hydrogens is 204 g/mol. The van der Waals surface area contributed by atoms with Gasteiger partial charge in [-0.25, -0.2) is 0 Å². The lowest BCUT2D eigenvalue weighted by Gasteiger charge is -2.24. The second-order valence-corrected chi connectivity index (χ2v) is 3.70. The normalized spacial score (nSPS) is 10.9. The summed E-state index contributed by atoms with van der Waals surface area (Å²) in [5.41, 5.74) is -0.317. The van der Waals surface area contributed by atoms with E-state index in [0.717, 1.165) is 0 Å². The van der Waals surface area contributed by atoms with Gasteiger partial charge in [0.25, 0.3) is 5.91 Å². The topological polar surface area (TPSA) is 70.7 Å². The highest BCUT2D eigenvalue weighted by atomic mass is 16.2. The SMILES string of the molecule is CCC(C#N)(CC)NC(=O)c1ccnn1C. The first-order valence-corrected chi connectivity index (χ1v) is 5.30. The number of nitrogens with one attached hydrogen (secondary N) is 1. The molecule has 0 saturated carbocycles. The zero-order chi connectivity index (χ0) is 12.2. The summed E-state index contributed by atoms with van der Waals surface area (Å²) in [6.45, 7) is 3.77. The lowest BCUT2D eigenvalue weighted by atomic mass is 9.94. The predicted octanol–water partition coefficient (Wildman–Crippen LogP) is 1.23. The fourth-order valence-corrected chi connectivity index (χ4v) is 1.49. The number of aromatic nitrogens is 2. The molecule has 0 spiro atoms. The molecule has 1 amide bonds. The number of carbonyl (C=O) groups is 1. The van der Waals surface area contributed by atoms with Crippen molar-refractivity contribution in [2.45, 2.75) is 32.2 Å². The summed E-state index contributed by atoms with van der Waals surface area (Å²) >= 11 is 0. The number of aryl methyl sites for hydroxylation is 1. The van der Waals surface area contributed by atoms with Gasteiger partial charge in [0, 0.05) is 13.2 Å². The first-order valence-electron chi connectivity index (χ1n) is 5.30. The molecule has 5 heteroatoms. The van der Waals surface area contributed by atoms with Crippen LogP contribution in [0.3, 0.4) is 0 Å². The van der Waals surface area contributed by atoms with Gasteiger partial charge >= 0.3 is 0 Å². The fourth-order valence-electron chi connectivity index (χ4n) is 1.49. The maximum absolute atomic E-state index is 11.9. The molecule has 0 fully saturated rings. The summed E-state index contributed by atoms with van der Waals surface area (Å²) in [5.74, 6) is -0.259. The lowest BCUT2D eigenvalue weighted by Crippen LogP contribution is -2.46. The molecule has 0 aliphatic rings. The molecule has 16 heavy (non-hydrogen) atoms. The Morgan fingerprint density at radius 2 is 2.25 bits per heavy atom. The zero-order valence-electron chi connectivity index (χ0n) is 9.82. The van der Waals surface area contributed by atoms with Crippen LogP contribution < -0.4 is 5.32 Å². The summed E-state index contributed by atoms with van der Waals surface area (Å²) in [5, 5.41) is 15.8. The molecular formula is C11H16N4O.